The molecule has 0 saturated carbocycles. The predicted molar refractivity (Wildman–Crippen MR) is 105 cm³/mol. The van der Waals surface area contributed by atoms with E-state index in [4.69, 9.17) is 0 Å². The summed E-state index contributed by atoms with van der Waals surface area (Å²) in [6, 6.07) is 0.254. The fourth-order valence-corrected chi connectivity index (χ4v) is 2.48. The molecule has 1 aromatic heterocycles. The second-order valence-electron chi connectivity index (χ2n) is 5.90. The summed E-state index contributed by atoms with van der Waals surface area (Å²) in [7, 11) is 0. The summed E-state index contributed by atoms with van der Waals surface area (Å²) in [4.78, 5) is 52.5. The molecule has 0 saturated heterocycles. The molecular formula is C16H26N6O4S. The van der Waals surface area contributed by atoms with E-state index in [1.165, 1.54) is 13.0 Å². The predicted octanol–water partition coefficient (Wildman–Crippen LogP) is -0.0792. The minimum absolute atomic E-state index is 0.0814. The van der Waals surface area contributed by atoms with Crippen LogP contribution in [0.1, 0.15) is 31.9 Å². The number of hydrogen-bond acceptors (Lipinski definition) is 6. The van der Waals surface area contributed by atoms with Crippen LogP contribution in [0.25, 0.3) is 0 Å². The van der Waals surface area contributed by atoms with Crippen LogP contribution >= 0.6 is 12.6 Å². The lowest BCUT2D eigenvalue weighted by Crippen LogP contribution is -2.46. The van der Waals surface area contributed by atoms with Gasteiger partial charge in [-0.15, -0.1) is 0 Å². The van der Waals surface area contributed by atoms with Gasteiger partial charge in [0.25, 0.3) is 5.56 Å². The number of carbonyl (C=O) groups is 3. The van der Waals surface area contributed by atoms with Crippen molar-refractivity contribution in [1.29, 1.82) is 0 Å². The molecule has 0 spiro atoms. The quantitative estimate of drug-likeness (QED) is 0.241. The topological polar surface area (TPSA) is 145 Å². The van der Waals surface area contributed by atoms with Gasteiger partial charge >= 0.3 is 6.03 Å². The van der Waals surface area contributed by atoms with Crippen molar-refractivity contribution in [2.75, 3.05) is 24.2 Å². The summed E-state index contributed by atoms with van der Waals surface area (Å²) in [6.45, 7) is 3.87. The van der Waals surface area contributed by atoms with Gasteiger partial charge in [0, 0.05) is 31.8 Å². The monoisotopic (exact) mass is 398 g/mol. The van der Waals surface area contributed by atoms with E-state index in [-0.39, 0.29) is 17.8 Å². The van der Waals surface area contributed by atoms with Crippen molar-refractivity contribution >= 4 is 36.4 Å². The molecule has 1 unspecified atom stereocenters. The molecule has 10 nitrogen and oxygen atoms in total. The molecule has 0 aliphatic heterocycles. The lowest BCUT2D eigenvalue weighted by atomic mass is 10.2. The van der Waals surface area contributed by atoms with Crippen molar-refractivity contribution in [3.8, 4) is 0 Å². The Hall–Kier alpha value is -2.56. The number of nitrogens with one attached hydrogen (secondary N) is 5. The van der Waals surface area contributed by atoms with Gasteiger partial charge < -0.3 is 20.9 Å². The largest absolute Gasteiger partial charge is 0.354 e. The first-order chi connectivity index (χ1) is 12.8. The smallest absolute Gasteiger partial charge is 0.321 e. The van der Waals surface area contributed by atoms with E-state index < -0.39 is 17.6 Å². The second kappa shape index (κ2) is 11.9. The fraction of sp³-hybridized carbons (Fsp3) is 0.562. The highest BCUT2D eigenvalue weighted by atomic mass is 32.1. The molecule has 5 N–H and O–H groups in total. The van der Waals surface area contributed by atoms with E-state index in [1.807, 2.05) is 0 Å². The second-order valence-corrected chi connectivity index (χ2v) is 6.34. The molecule has 1 rings (SSSR count). The van der Waals surface area contributed by atoms with Crippen LogP contribution in [0.4, 0.5) is 10.7 Å². The molecule has 0 bridgehead atoms. The minimum atomic E-state index is -0.590. The summed E-state index contributed by atoms with van der Waals surface area (Å²) < 4.78 is 0. The minimum Gasteiger partial charge on any atom is -0.354 e. The maximum atomic E-state index is 12.0. The molecule has 0 fully saturated rings. The van der Waals surface area contributed by atoms with Gasteiger partial charge in [-0.05, 0) is 31.9 Å². The third-order valence-electron chi connectivity index (χ3n) is 3.41. The van der Waals surface area contributed by atoms with Crippen LogP contribution in [0.3, 0.4) is 0 Å². The van der Waals surface area contributed by atoms with E-state index >= 15 is 0 Å². The number of nitrogens with zero attached hydrogens (tertiary/aromatic N) is 1. The zero-order chi connectivity index (χ0) is 20.2. The van der Waals surface area contributed by atoms with Crippen LogP contribution in [-0.2, 0) is 9.59 Å². The first-order valence-electron chi connectivity index (χ1n) is 8.60. The number of aromatic nitrogens is 2. The van der Waals surface area contributed by atoms with Crippen LogP contribution in [0.2, 0.25) is 0 Å². The molecule has 0 aliphatic carbocycles. The fourth-order valence-electron chi connectivity index (χ4n) is 2.22. The van der Waals surface area contributed by atoms with Gasteiger partial charge in [0.2, 0.25) is 17.8 Å². The lowest BCUT2D eigenvalue weighted by molar-refractivity contribution is -0.128. The molecular weight excluding hydrogens is 372 g/mol. The number of H-pyrrole nitrogens is 1. The van der Waals surface area contributed by atoms with Crippen molar-refractivity contribution in [1.82, 2.24) is 25.9 Å². The Morgan fingerprint density at radius 1 is 1.22 bits per heavy atom. The highest BCUT2D eigenvalue weighted by Gasteiger charge is 2.17. The molecule has 11 heteroatoms. The Labute approximate surface area is 162 Å². The van der Waals surface area contributed by atoms with Crippen molar-refractivity contribution < 1.29 is 14.4 Å². The Bertz CT molecular complexity index is 708. The maximum Gasteiger partial charge on any atom is 0.321 e. The van der Waals surface area contributed by atoms with Gasteiger partial charge in [-0.3, -0.25) is 19.7 Å². The first kappa shape index (κ1) is 22.5. The SMILES string of the molecule is CC(=O)NC(CCS)C(=O)NCCCCNC(=O)Nc1nc(=O)cc(C)[nH]1. The summed E-state index contributed by atoms with van der Waals surface area (Å²) in [6.07, 6.45) is 1.74. The van der Waals surface area contributed by atoms with Crippen molar-refractivity contribution in [3.05, 3.63) is 22.1 Å². The summed E-state index contributed by atoms with van der Waals surface area (Å²) in [5.74, 6) is 0.0485. The average molecular weight is 398 g/mol. The number of anilines is 1. The van der Waals surface area contributed by atoms with Crippen LogP contribution in [0.15, 0.2) is 10.9 Å². The molecule has 150 valence electrons. The Kier molecular flexibility index (Phi) is 9.94. The number of thiol groups is 1. The molecule has 1 atom stereocenters. The van der Waals surface area contributed by atoms with Gasteiger partial charge in [0.05, 0.1) is 0 Å². The van der Waals surface area contributed by atoms with Crippen molar-refractivity contribution in [2.24, 2.45) is 0 Å². The molecule has 27 heavy (non-hydrogen) atoms. The number of amides is 4. The zero-order valence-corrected chi connectivity index (χ0v) is 16.3. The normalized spacial score (nSPS) is 11.4. The Morgan fingerprint density at radius 3 is 2.48 bits per heavy atom. The summed E-state index contributed by atoms with van der Waals surface area (Å²) >= 11 is 4.08. The number of aromatic amines is 1. The van der Waals surface area contributed by atoms with Gasteiger partial charge in [0.1, 0.15) is 6.04 Å². The van der Waals surface area contributed by atoms with Crippen molar-refractivity contribution in [2.45, 2.75) is 39.2 Å². The third-order valence-corrected chi connectivity index (χ3v) is 3.67. The third kappa shape index (κ3) is 9.64. The van der Waals surface area contributed by atoms with Crippen molar-refractivity contribution in [3.63, 3.8) is 0 Å². The molecule has 1 aromatic rings. The van der Waals surface area contributed by atoms with E-state index in [2.05, 4.69) is 43.9 Å². The number of carbonyl (C=O) groups excluding carboxylic acids is 3. The molecule has 0 aromatic carbocycles. The molecule has 0 aliphatic rings. The van der Waals surface area contributed by atoms with Crippen LogP contribution < -0.4 is 26.8 Å². The van der Waals surface area contributed by atoms with Crippen LogP contribution in [0, 0.1) is 6.92 Å². The first-order valence-corrected chi connectivity index (χ1v) is 9.23. The average Bonchev–Trinajstić information content (AvgIpc) is 2.56. The van der Waals surface area contributed by atoms with Crippen LogP contribution in [-0.4, -0.2) is 52.7 Å². The van der Waals surface area contributed by atoms with Gasteiger partial charge in [-0.1, -0.05) is 0 Å². The van der Waals surface area contributed by atoms with E-state index in [0.717, 1.165) is 0 Å². The van der Waals surface area contributed by atoms with E-state index in [9.17, 15) is 19.2 Å². The lowest BCUT2D eigenvalue weighted by Gasteiger charge is -2.16. The number of hydrogen-bond donors (Lipinski definition) is 6. The highest BCUT2D eigenvalue weighted by molar-refractivity contribution is 7.80. The maximum absolute atomic E-state index is 12.0. The summed E-state index contributed by atoms with van der Waals surface area (Å²) in [5.41, 5.74) is 0.157. The molecule has 0 radical (unpaired) electrons. The number of rotatable bonds is 10. The van der Waals surface area contributed by atoms with Gasteiger partial charge in [0.15, 0.2) is 0 Å². The standard InChI is InChI=1S/C16H26N6O4S/c1-10-9-13(24)21-15(19-10)22-16(26)18-7-4-3-6-17-14(25)12(5-8-27)20-11(2)23/h9,12,27H,3-8H2,1-2H3,(H,17,25)(H,20,23)(H3,18,19,21,22,24,26). The highest BCUT2D eigenvalue weighted by Crippen LogP contribution is 1.97. The summed E-state index contributed by atoms with van der Waals surface area (Å²) in [5, 5.41) is 10.4. The Balaban J connectivity index is 2.22. The van der Waals surface area contributed by atoms with Gasteiger partial charge in [-0.2, -0.15) is 17.6 Å². The molecule has 1 heterocycles. The molecule has 4 amide bonds. The van der Waals surface area contributed by atoms with Gasteiger partial charge in [-0.25, -0.2) is 4.79 Å². The van der Waals surface area contributed by atoms with Crippen LogP contribution in [0.5, 0.6) is 0 Å². The number of unbranched alkanes of at least 4 members (excludes halogenated alkanes) is 1. The number of urea groups is 1. The number of aryl methyl sites for hydroxylation is 1. The van der Waals surface area contributed by atoms with E-state index in [0.29, 0.717) is 43.8 Å². The van der Waals surface area contributed by atoms with E-state index in [1.54, 1.807) is 6.92 Å². The Morgan fingerprint density at radius 2 is 1.89 bits per heavy atom. The zero-order valence-electron chi connectivity index (χ0n) is 15.4.